The first-order valence-corrected chi connectivity index (χ1v) is 6.39. The fraction of sp³-hybridized carbons (Fsp3) is 0.286. The molecule has 0 saturated heterocycles. The first-order valence-electron chi connectivity index (χ1n) is 6.39. The van der Waals surface area contributed by atoms with E-state index in [1.165, 1.54) is 6.07 Å². The summed E-state index contributed by atoms with van der Waals surface area (Å²) < 4.78 is 5.61. The first-order chi connectivity index (χ1) is 9.54. The summed E-state index contributed by atoms with van der Waals surface area (Å²) in [5.74, 6) is 1.15. The van der Waals surface area contributed by atoms with Gasteiger partial charge in [-0.3, -0.25) is 9.89 Å². The van der Waals surface area contributed by atoms with Crippen LogP contribution >= 0.6 is 0 Å². The molecule has 6 heteroatoms. The topological polar surface area (TPSA) is 93.0 Å². The van der Waals surface area contributed by atoms with Gasteiger partial charge in [-0.05, 0) is 18.1 Å². The summed E-state index contributed by atoms with van der Waals surface area (Å²) in [4.78, 5) is 11.9. The van der Waals surface area contributed by atoms with Crippen LogP contribution in [-0.4, -0.2) is 22.7 Å². The van der Waals surface area contributed by atoms with Crippen molar-refractivity contribution in [1.82, 2.24) is 10.2 Å². The summed E-state index contributed by atoms with van der Waals surface area (Å²) in [7, 11) is 0. The fourth-order valence-electron chi connectivity index (χ4n) is 1.58. The minimum absolute atomic E-state index is 0.282. The zero-order chi connectivity index (χ0) is 14.5. The van der Waals surface area contributed by atoms with Crippen LogP contribution in [0, 0.1) is 5.92 Å². The number of rotatable bonds is 5. The number of hydrogen-bond acceptors (Lipinski definition) is 4. The molecule has 2 rings (SSSR count). The normalized spacial score (nSPS) is 10.6. The number of benzene rings is 1. The second kappa shape index (κ2) is 6.10. The molecule has 0 aliphatic carbocycles. The molecule has 0 saturated carbocycles. The monoisotopic (exact) mass is 274 g/mol. The Balaban J connectivity index is 2.02. The van der Waals surface area contributed by atoms with Gasteiger partial charge < -0.3 is 15.8 Å². The van der Waals surface area contributed by atoms with E-state index in [-0.39, 0.29) is 11.7 Å². The molecule has 20 heavy (non-hydrogen) atoms. The molecule has 2 aromatic rings. The number of nitrogens with one attached hydrogen (secondary N) is 2. The molecule has 0 fully saturated rings. The molecule has 1 amide bonds. The number of nitrogen functional groups attached to an aromatic ring is 1. The van der Waals surface area contributed by atoms with E-state index in [1.54, 1.807) is 12.1 Å². The Labute approximate surface area is 117 Å². The van der Waals surface area contributed by atoms with Crippen molar-refractivity contribution in [2.75, 3.05) is 17.7 Å². The number of nitrogens with zero attached hydrogens (tertiary/aromatic N) is 1. The molecule has 106 valence electrons. The minimum Gasteiger partial charge on any atom is -0.493 e. The maximum atomic E-state index is 11.9. The van der Waals surface area contributed by atoms with E-state index in [1.807, 2.05) is 12.1 Å². The molecule has 1 aromatic heterocycles. The molecular weight excluding hydrogens is 256 g/mol. The SMILES string of the molecule is CC(C)COc1cccc(NC(=O)c2cc(N)n[nH]2)c1. The molecular formula is C14H18N4O2. The second-order valence-electron chi connectivity index (χ2n) is 4.89. The summed E-state index contributed by atoms with van der Waals surface area (Å²) in [5.41, 5.74) is 6.43. The molecule has 6 nitrogen and oxygen atoms in total. The van der Waals surface area contributed by atoms with E-state index in [9.17, 15) is 4.79 Å². The number of hydrogen-bond donors (Lipinski definition) is 3. The van der Waals surface area contributed by atoms with Gasteiger partial charge in [0.05, 0.1) is 6.61 Å². The minimum atomic E-state index is -0.296. The van der Waals surface area contributed by atoms with Crippen LogP contribution in [0.3, 0.4) is 0 Å². The number of carbonyl (C=O) groups excluding carboxylic acids is 1. The molecule has 0 aliphatic heterocycles. The predicted octanol–water partition coefficient (Wildman–Crippen LogP) is 2.28. The Bertz CT molecular complexity index is 592. The number of aromatic nitrogens is 2. The molecule has 0 unspecified atom stereocenters. The Hall–Kier alpha value is -2.50. The van der Waals surface area contributed by atoms with E-state index in [2.05, 4.69) is 29.4 Å². The van der Waals surface area contributed by atoms with Gasteiger partial charge in [-0.15, -0.1) is 0 Å². The van der Waals surface area contributed by atoms with Gasteiger partial charge in [0.25, 0.3) is 5.91 Å². The zero-order valence-corrected chi connectivity index (χ0v) is 11.5. The lowest BCUT2D eigenvalue weighted by atomic mass is 10.2. The smallest absolute Gasteiger partial charge is 0.273 e. The van der Waals surface area contributed by atoms with Crippen molar-refractivity contribution >= 4 is 17.4 Å². The maximum absolute atomic E-state index is 11.9. The Kier molecular flexibility index (Phi) is 4.24. The lowest BCUT2D eigenvalue weighted by molar-refractivity contribution is 0.102. The molecule has 1 heterocycles. The van der Waals surface area contributed by atoms with Crippen LogP contribution in [-0.2, 0) is 0 Å². The summed E-state index contributed by atoms with van der Waals surface area (Å²) >= 11 is 0. The third-order valence-electron chi connectivity index (χ3n) is 2.52. The highest BCUT2D eigenvalue weighted by Crippen LogP contribution is 2.18. The van der Waals surface area contributed by atoms with Crippen LogP contribution in [0.1, 0.15) is 24.3 Å². The van der Waals surface area contributed by atoms with Gasteiger partial charge in [0.1, 0.15) is 17.3 Å². The number of ether oxygens (including phenoxy) is 1. The van der Waals surface area contributed by atoms with Crippen LogP contribution in [0.15, 0.2) is 30.3 Å². The fourth-order valence-corrected chi connectivity index (χ4v) is 1.58. The third-order valence-corrected chi connectivity index (χ3v) is 2.52. The Morgan fingerprint density at radius 2 is 2.25 bits per heavy atom. The second-order valence-corrected chi connectivity index (χ2v) is 4.89. The Morgan fingerprint density at radius 1 is 1.45 bits per heavy atom. The highest BCUT2D eigenvalue weighted by atomic mass is 16.5. The molecule has 0 atom stereocenters. The average molecular weight is 274 g/mol. The molecule has 0 bridgehead atoms. The summed E-state index contributed by atoms with van der Waals surface area (Å²) in [5, 5.41) is 9.03. The van der Waals surface area contributed by atoms with Gasteiger partial charge in [-0.25, -0.2) is 0 Å². The van der Waals surface area contributed by atoms with Crippen molar-refractivity contribution in [2.45, 2.75) is 13.8 Å². The van der Waals surface area contributed by atoms with Crippen molar-refractivity contribution in [3.8, 4) is 5.75 Å². The van der Waals surface area contributed by atoms with Gasteiger partial charge >= 0.3 is 0 Å². The van der Waals surface area contributed by atoms with Gasteiger partial charge in [-0.1, -0.05) is 19.9 Å². The Morgan fingerprint density at radius 3 is 2.90 bits per heavy atom. The highest BCUT2D eigenvalue weighted by Gasteiger charge is 2.09. The number of nitrogens with two attached hydrogens (primary N) is 1. The van der Waals surface area contributed by atoms with Gasteiger partial charge in [0.2, 0.25) is 0 Å². The number of carbonyl (C=O) groups is 1. The number of anilines is 2. The number of amides is 1. The maximum Gasteiger partial charge on any atom is 0.273 e. The van der Waals surface area contributed by atoms with Crippen LogP contribution in [0.4, 0.5) is 11.5 Å². The molecule has 0 aliphatic rings. The van der Waals surface area contributed by atoms with Gasteiger partial charge in [-0.2, -0.15) is 5.10 Å². The van der Waals surface area contributed by atoms with Crippen LogP contribution in [0.5, 0.6) is 5.75 Å². The lowest BCUT2D eigenvalue weighted by Gasteiger charge is -2.10. The van der Waals surface area contributed by atoms with E-state index < -0.39 is 0 Å². The molecule has 0 spiro atoms. The van der Waals surface area contributed by atoms with Crippen molar-refractivity contribution in [1.29, 1.82) is 0 Å². The van der Waals surface area contributed by atoms with Crippen molar-refractivity contribution in [3.05, 3.63) is 36.0 Å². The average Bonchev–Trinajstić information content (AvgIpc) is 2.84. The first kappa shape index (κ1) is 13.9. The van der Waals surface area contributed by atoms with Crippen LogP contribution < -0.4 is 15.8 Å². The summed E-state index contributed by atoms with van der Waals surface area (Å²) in [6, 6.07) is 8.73. The third kappa shape index (κ3) is 3.74. The largest absolute Gasteiger partial charge is 0.493 e. The predicted molar refractivity (Wildman–Crippen MR) is 77.7 cm³/mol. The van der Waals surface area contributed by atoms with Crippen LogP contribution in [0.2, 0.25) is 0 Å². The zero-order valence-electron chi connectivity index (χ0n) is 11.5. The van der Waals surface area contributed by atoms with E-state index in [4.69, 9.17) is 10.5 Å². The van der Waals surface area contributed by atoms with Crippen molar-refractivity contribution in [3.63, 3.8) is 0 Å². The van der Waals surface area contributed by atoms with Gasteiger partial charge in [0.15, 0.2) is 0 Å². The van der Waals surface area contributed by atoms with E-state index in [0.717, 1.165) is 5.75 Å². The lowest BCUT2D eigenvalue weighted by Crippen LogP contribution is -2.12. The van der Waals surface area contributed by atoms with Gasteiger partial charge in [0, 0.05) is 17.8 Å². The van der Waals surface area contributed by atoms with E-state index >= 15 is 0 Å². The molecule has 0 radical (unpaired) electrons. The van der Waals surface area contributed by atoms with Crippen molar-refractivity contribution in [2.24, 2.45) is 5.92 Å². The highest BCUT2D eigenvalue weighted by molar-refractivity contribution is 6.03. The van der Waals surface area contributed by atoms with Crippen LogP contribution in [0.25, 0.3) is 0 Å². The molecule has 1 aromatic carbocycles. The molecule has 4 N–H and O–H groups in total. The standard InChI is InChI=1S/C14H18N4O2/c1-9(2)8-20-11-5-3-4-10(6-11)16-14(19)12-7-13(15)18-17-12/h3-7,9H,8H2,1-2H3,(H,16,19)(H3,15,17,18). The summed E-state index contributed by atoms with van der Waals surface area (Å²) in [6.07, 6.45) is 0. The summed E-state index contributed by atoms with van der Waals surface area (Å²) in [6.45, 7) is 4.79. The quantitative estimate of drug-likeness (QED) is 0.779. The van der Waals surface area contributed by atoms with E-state index in [0.29, 0.717) is 23.9 Å². The number of aromatic amines is 1. The number of H-pyrrole nitrogens is 1. The van der Waals surface area contributed by atoms with Crippen molar-refractivity contribution < 1.29 is 9.53 Å².